The molecule has 0 aromatic carbocycles. The summed E-state index contributed by atoms with van der Waals surface area (Å²) in [6.45, 7) is 9.98. The van der Waals surface area contributed by atoms with Crippen molar-refractivity contribution in [1.82, 2.24) is 15.0 Å². The Bertz CT molecular complexity index is 398. The van der Waals surface area contributed by atoms with Gasteiger partial charge in [0, 0.05) is 12.5 Å². The fourth-order valence-electron chi connectivity index (χ4n) is 2.23. The highest BCUT2D eigenvalue weighted by Crippen LogP contribution is 2.38. The third-order valence-corrected chi connectivity index (χ3v) is 3.53. The molecule has 1 saturated carbocycles. The van der Waals surface area contributed by atoms with Gasteiger partial charge in [0.15, 0.2) is 5.82 Å². The molecule has 5 nitrogen and oxygen atoms in total. The second-order valence-corrected chi connectivity index (χ2v) is 6.40. The molecule has 19 heavy (non-hydrogen) atoms. The molecule has 1 heterocycles. The zero-order valence-corrected chi connectivity index (χ0v) is 12.4. The van der Waals surface area contributed by atoms with Crippen LogP contribution in [0.15, 0.2) is 4.52 Å². The number of aromatic nitrogens is 2. The van der Waals surface area contributed by atoms with Gasteiger partial charge in [0.2, 0.25) is 5.89 Å². The molecule has 1 aliphatic carbocycles. The molecule has 1 aromatic rings. The smallest absolute Gasteiger partial charge is 0.240 e. The average Bonchev–Trinajstić information content (AvgIpc) is 3.11. The van der Waals surface area contributed by atoms with E-state index in [1.807, 2.05) is 0 Å². The van der Waals surface area contributed by atoms with E-state index in [2.05, 4.69) is 35.8 Å². The maximum absolute atomic E-state index is 5.82. The van der Waals surface area contributed by atoms with Crippen LogP contribution in [0.2, 0.25) is 0 Å². The summed E-state index contributed by atoms with van der Waals surface area (Å²) in [6.07, 6.45) is 3.53. The fourth-order valence-corrected chi connectivity index (χ4v) is 2.23. The maximum Gasteiger partial charge on any atom is 0.240 e. The van der Waals surface area contributed by atoms with Gasteiger partial charge >= 0.3 is 0 Å². The first kappa shape index (κ1) is 14.5. The van der Waals surface area contributed by atoms with Gasteiger partial charge in [0.25, 0.3) is 0 Å². The monoisotopic (exact) mass is 266 g/mol. The van der Waals surface area contributed by atoms with E-state index in [0.29, 0.717) is 12.5 Å². The van der Waals surface area contributed by atoms with Gasteiger partial charge in [-0.3, -0.25) is 4.90 Å². The summed E-state index contributed by atoms with van der Waals surface area (Å²) in [6, 6.07) is 0. The number of nitrogens with zero attached hydrogens (tertiary/aromatic N) is 3. The minimum atomic E-state index is 0.120. The lowest BCUT2D eigenvalue weighted by molar-refractivity contribution is 0.158. The summed E-state index contributed by atoms with van der Waals surface area (Å²) in [5.41, 5.74) is 5.94. The molecule has 0 unspecified atom stereocenters. The predicted molar refractivity (Wildman–Crippen MR) is 74.7 cm³/mol. The van der Waals surface area contributed by atoms with Crippen molar-refractivity contribution < 1.29 is 4.52 Å². The van der Waals surface area contributed by atoms with Gasteiger partial charge in [-0.05, 0) is 37.8 Å². The van der Waals surface area contributed by atoms with E-state index >= 15 is 0 Å². The minimum absolute atomic E-state index is 0.120. The molecule has 0 saturated heterocycles. The summed E-state index contributed by atoms with van der Waals surface area (Å²) < 4.78 is 5.36. The zero-order valence-electron chi connectivity index (χ0n) is 12.4. The summed E-state index contributed by atoms with van der Waals surface area (Å²) in [5.74, 6) is 2.19. The normalized spacial score (nSPS) is 16.3. The Kier molecular flexibility index (Phi) is 4.58. The highest BCUT2D eigenvalue weighted by molar-refractivity contribution is 5.03. The number of nitrogens with two attached hydrogens (primary N) is 1. The molecule has 1 fully saturated rings. The first-order valence-corrected chi connectivity index (χ1v) is 7.29. The summed E-state index contributed by atoms with van der Waals surface area (Å²) in [4.78, 5) is 6.86. The van der Waals surface area contributed by atoms with Crippen LogP contribution in [0.4, 0.5) is 0 Å². The molecule has 1 aliphatic rings. The van der Waals surface area contributed by atoms with Gasteiger partial charge in [0.1, 0.15) is 0 Å². The molecule has 2 rings (SSSR count). The topological polar surface area (TPSA) is 68.2 Å². The molecular formula is C14H26N4O. The highest BCUT2D eigenvalue weighted by atomic mass is 16.5. The molecule has 0 amide bonds. The summed E-state index contributed by atoms with van der Waals surface area (Å²) in [5, 5.41) is 4.07. The van der Waals surface area contributed by atoms with Crippen LogP contribution in [0.25, 0.3) is 0 Å². The van der Waals surface area contributed by atoms with E-state index in [4.69, 9.17) is 10.3 Å². The summed E-state index contributed by atoms with van der Waals surface area (Å²) in [7, 11) is 0. The van der Waals surface area contributed by atoms with Crippen LogP contribution in [-0.2, 0) is 6.54 Å². The van der Waals surface area contributed by atoms with Crippen molar-refractivity contribution in [3.05, 3.63) is 11.7 Å². The Balaban J connectivity index is 1.94. The average molecular weight is 266 g/mol. The largest absolute Gasteiger partial charge is 0.338 e. The van der Waals surface area contributed by atoms with Crippen molar-refractivity contribution in [3.8, 4) is 0 Å². The van der Waals surface area contributed by atoms with Crippen LogP contribution in [0.3, 0.4) is 0 Å². The highest BCUT2D eigenvalue weighted by Gasteiger charge is 2.29. The van der Waals surface area contributed by atoms with Crippen molar-refractivity contribution in [2.24, 2.45) is 11.1 Å². The van der Waals surface area contributed by atoms with Crippen molar-refractivity contribution >= 4 is 0 Å². The van der Waals surface area contributed by atoms with Gasteiger partial charge in [-0.2, -0.15) is 4.98 Å². The molecule has 5 heteroatoms. The van der Waals surface area contributed by atoms with Crippen LogP contribution in [0.5, 0.6) is 0 Å². The molecule has 2 N–H and O–H groups in total. The number of hydrogen-bond acceptors (Lipinski definition) is 5. The van der Waals surface area contributed by atoms with Gasteiger partial charge in [-0.1, -0.05) is 25.9 Å². The quantitative estimate of drug-likeness (QED) is 0.780. The van der Waals surface area contributed by atoms with E-state index in [1.165, 1.54) is 12.8 Å². The molecular weight excluding hydrogens is 240 g/mol. The first-order valence-electron chi connectivity index (χ1n) is 7.29. The molecule has 0 radical (unpaired) electrons. The van der Waals surface area contributed by atoms with E-state index < -0.39 is 0 Å². The second kappa shape index (κ2) is 6.01. The third-order valence-electron chi connectivity index (χ3n) is 3.53. The standard InChI is InChI=1S/C14H26N4O/c1-4-7-18(10-14(2,3)9-15)8-12-16-13(17-19-12)11-5-6-11/h11H,4-10,15H2,1-3H3. The lowest BCUT2D eigenvalue weighted by atomic mass is 9.93. The van der Waals surface area contributed by atoms with Gasteiger partial charge < -0.3 is 10.3 Å². The maximum atomic E-state index is 5.82. The van der Waals surface area contributed by atoms with Crippen molar-refractivity contribution in [2.75, 3.05) is 19.6 Å². The number of rotatable bonds is 8. The Labute approximate surface area is 115 Å². The molecule has 0 spiro atoms. The third kappa shape index (κ3) is 4.28. The fraction of sp³-hybridized carbons (Fsp3) is 0.857. The molecule has 1 aromatic heterocycles. The lowest BCUT2D eigenvalue weighted by Crippen LogP contribution is -2.38. The van der Waals surface area contributed by atoms with Crippen molar-refractivity contribution in [3.63, 3.8) is 0 Å². The van der Waals surface area contributed by atoms with Crippen molar-refractivity contribution in [2.45, 2.75) is 52.5 Å². The van der Waals surface area contributed by atoms with Crippen LogP contribution >= 0.6 is 0 Å². The number of hydrogen-bond donors (Lipinski definition) is 1. The SMILES string of the molecule is CCCN(Cc1nc(C2CC2)no1)CC(C)(C)CN. The van der Waals surface area contributed by atoms with Crippen LogP contribution in [0.1, 0.15) is 57.7 Å². The lowest BCUT2D eigenvalue weighted by Gasteiger charge is -2.30. The minimum Gasteiger partial charge on any atom is -0.338 e. The Hall–Kier alpha value is -0.940. The van der Waals surface area contributed by atoms with Crippen LogP contribution < -0.4 is 5.73 Å². The molecule has 108 valence electrons. The van der Waals surface area contributed by atoms with E-state index in [-0.39, 0.29) is 5.41 Å². The van der Waals surface area contributed by atoms with Gasteiger partial charge in [-0.15, -0.1) is 0 Å². The molecule has 0 bridgehead atoms. The van der Waals surface area contributed by atoms with Gasteiger partial charge in [0.05, 0.1) is 6.54 Å². The molecule has 0 aliphatic heterocycles. The van der Waals surface area contributed by atoms with Crippen LogP contribution in [-0.4, -0.2) is 34.7 Å². The Morgan fingerprint density at radius 1 is 1.42 bits per heavy atom. The first-order chi connectivity index (χ1) is 9.04. The Morgan fingerprint density at radius 2 is 2.16 bits per heavy atom. The zero-order chi connectivity index (χ0) is 13.9. The van der Waals surface area contributed by atoms with Gasteiger partial charge in [-0.25, -0.2) is 0 Å². The van der Waals surface area contributed by atoms with E-state index in [0.717, 1.165) is 37.8 Å². The van der Waals surface area contributed by atoms with Crippen molar-refractivity contribution in [1.29, 1.82) is 0 Å². The Morgan fingerprint density at radius 3 is 2.74 bits per heavy atom. The van der Waals surface area contributed by atoms with E-state index in [1.54, 1.807) is 0 Å². The summed E-state index contributed by atoms with van der Waals surface area (Å²) >= 11 is 0. The molecule has 0 atom stereocenters. The predicted octanol–water partition coefficient (Wildman–Crippen LogP) is 2.14. The van der Waals surface area contributed by atoms with Crippen LogP contribution in [0, 0.1) is 5.41 Å². The van der Waals surface area contributed by atoms with E-state index in [9.17, 15) is 0 Å². The second-order valence-electron chi connectivity index (χ2n) is 6.40.